The molecular weight excluding hydrogens is 298 g/mol. The zero-order valence-electron chi connectivity index (χ0n) is 13.2. The second-order valence-electron chi connectivity index (χ2n) is 5.61. The average Bonchev–Trinajstić information content (AvgIpc) is 3.01. The summed E-state index contributed by atoms with van der Waals surface area (Å²) >= 11 is 0. The lowest BCUT2D eigenvalue weighted by atomic mass is 9.97. The van der Waals surface area contributed by atoms with Crippen molar-refractivity contribution in [2.75, 3.05) is 5.73 Å². The van der Waals surface area contributed by atoms with Gasteiger partial charge in [-0.25, -0.2) is 4.98 Å². The van der Waals surface area contributed by atoms with Gasteiger partial charge in [-0.15, -0.1) is 0 Å². The standard InChI is InChI=1S/C19H15N5/c1-2-16-17(15-9-5-7-12-6-3-4-8-14(12)15)19-22-11-13(10-20)18(21)24(19)23-16/h3-9,11H,2,21H2,1H3. The molecule has 0 aliphatic heterocycles. The van der Waals surface area contributed by atoms with Crippen molar-refractivity contribution in [2.24, 2.45) is 0 Å². The summed E-state index contributed by atoms with van der Waals surface area (Å²) in [5.74, 6) is 0.323. The third-order valence-electron chi connectivity index (χ3n) is 4.27. The van der Waals surface area contributed by atoms with Crippen molar-refractivity contribution in [3.63, 3.8) is 0 Å². The summed E-state index contributed by atoms with van der Waals surface area (Å²) in [6, 6.07) is 16.5. The van der Waals surface area contributed by atoms with Gasteiger partial charge in [0, 0.05) is 0 Å². The first kappa shape index (κ1) is 14.2. The lowest BCUT2D eigenvalue weighted by Crippen LogP contribution is -2.03. The van der Waals surface area contributed by atoms with Crippen molar-refractivity contribution in [1.29, 1.82) is 5.26 Å². The summed E-state index contributed by atoms with van der Waals surface area (Å²) in [6.07, 6.45) is 2.27. The Morgan fingerprint density at radius 3 is 2.75 bits per heavy atom. The topological polar surface area (TPSA) is 80.0 Å². The van der Waals surface area contributed by atoms with Gasteiger partial charge in [0.05, 0.1) is 17.5 Å². The number of hydrogen-bond acceptors (Lipinski definition) is 4. The fraction of sp³-hybridized carbons (Fsp3) is 0.105. The fourth-order valence-corrected chi connectivity index (χ4v) is 3.10. The van der Waals surface area contributed by atoms with Gasteiger partial charge in [0.15, 0.2) is 5.65 Å². The minimum atomic E-state index is 0.323. The highest BCUT2D eigenvalue weighted by atomic mass is 15.3. The Bertz CT molecular complexity index is 1110. The predicted octanol–water partition coefficient (Wildman–Crippen LogP) is 3.57. The van der Waals surface area contributed by atoms with Gasteiger partial charge in [0.1, 0.15) is 17.5 Å². The molecular formula is C19H15N5. The average molecular weight is 313 g/mol. The largest absolute Gasteiger partial charge is 0.382 e. The van der Waals surface area contributed by atoms with E-state index in [2.05, 4.69) is 47.3 Å². The molecule has 0 saturated heterocycles. The van der Waals surface area contributed by atoms with E-state index >= 15 is 0 Å². The number of aromatic nitrogens is 3. The van der Waals surface area contributed by atoms with Crippen LogP contribution in [0.1, 0.15) is 18.2 Å². The Kier molecular flexibility index (Phi) is 3.17. The number of hydrogen-bond donors (Lipinski definition) is 1. The van der Waals surface area contributed by atoms with Crippen LogP contribution in [0.25, 0.3) is 27.5 Å². The Balaban J connectivity index is 2.13. The maximum absolute atomic E-state index is 9.16. The van der Waals surface area contributed by atoms with Crippen LogP contribution in [0.15, 0.2) is 48.7 Å². The number of fused-ring (bicyclic) bond motifs is 2. The van der Waals surface area contributed by atoms with Crippen LogP contribution in [0.3, 0.4) is 0 Å². The molecule has 5 heteroatoms. The number of nitrogens with two attached hydrogens (primary N) is 1. The summed E-state index contributed by atoms with van der Waals surface area (Å²) in [4.78, 5) is 4.46. The summed E-state index contributed by atoms with van der Waals surface area (Å²) in [5.41, 5.74) is 10.1. The van der Waals surface area contributed by atoms with Gasteiger partial charge in [-0.1, -0.05) is 49.4 Å². The predicted molar refractivity (Wildman–Crippen MR) is 94.4 cm³/mol. The monoisotopic (exact) mass is 313 g/mol. The van der Waals surface area contributed by atoms with Crippen molar-refractivity contribution < 1.29 is 0 Å². The maximum Gasteiger partial charge on any atom is 0.165 e. The minimum Gasteiger partial charge on any atom is -0.382 e. The SMILES string of the molecule is CCc1nn2c(N)c(C#N)cnc2c1-c1cccc2ccccc12. The molecule has 0 amide bonds. The van der Waals surface area contributed by atoms with Crippen LogP contribution in [0.2, 0.25) is 0 Å². The Morgan fingerprint density at radius 1 is 1.17 bits per heavy atom. The van der Waals surface area contributed by atoms with Crippen LogP contribution >= 0.6 is 0 Å². The van der Waals surface area contributed by atoms with E-state index in [-0.39, 0.29) is 0 Å². The molecule has 2 aromatic carbocycles. The molecule has 5 nitrogen and oxygen atoms in total. The smallest absolute Gasteiger partial charge is 0.165 e. The van der Waals surface area contributed by atoms with Gasteiger partial charge in [0.25, 0.3) is 0 Å². The van der Waals surface area contributed by atoms with Gasteiger partial charge in [0.2, 0.25) is 0 Å². The number of rotatable bonds is 2. The van der Waals surface area contributed by atoms with Crippen molar-refractivity contribution in [3.05, 3.63) is 59.9 Å². The van der Waals surface area contributed by atoms with Crippen LogP contribution in [-0.2, 0) is 6.42 Å². The van der Waals surface area contributed by atoms with E-state index in [9.17, 15) is 0 Å². The molecule has 116 valence electrons. The molecule has 0 radical (unpaired) electrons. The van der Waals surface area contributed by atoms with Gasteiger partial charge >= 0.3 is 0 Å². The third-order valence-corrected chi connectivity index (χ3v) is 4.27. The molecule has 0 saturated carbocycles. The minimum absolute atomic E-state index is 0.323. The highest BCUT2D eigenvalue weighted by Gasteiger charge is 2.19. The van der Waals surface area contributed by atoms with Crippen LogP contribution in [0.5, 0.6) is 0 Å². The molecule has 0 aliphatic rings. The van der Waals surface area contributed by atoms with Crippen LogP contribution in [-0.4, -0.2) is 14.6 Å². The third kappa shape index (κ3) is 1.94. The van der Waals surface area contributed by atoms with E-state index in [1.54, 1.807) is 4.52 Å². The molecule has 0 bridgehead atoms. The number of nitrogen functional groups attached to an aromatic ring is 1. The second kappa shape index (κ2) is 5.36. The second-order valence-corrected chi connectivity index (χ2v) is 5.61. The summed E-state index contributed by atoms with van der Waals surface area (Å²) in [7, 11) is 0. The number of anilines is 1. The first-order valence-corrected chi connectivity index (χ1v) is 7.79. The molecule has 0 unspecified atom stereocenters. The van der Waals surface area contributed by atoms with E-state index in [0.717, 1.165) is 34.0 Å². The van der Waals surface area contributed by atoms with E-state index in [4.69, 9.17) is 11.0 Å². The summed E-state index contributed by atoms with van der Waals surface area (Å²) in [6.45, 7) is 2.05. The van der Waals surface area contributed by atoms with Crippen LogP contribution in [0.4, 0.5) is 5.82 Å². The Morgan fingerprint density at radius 2 is 1.96 bits per heavy atom. The van der Waals surface area contributed by atoms with E-state index in [1.807, 2.05) is 18.2 Å². The van der Waals surface area contributed by atoms with Gasteiger partial charge < -0.3 is 5.73 Å². The van der Waals surface area contributed by atoms with Crippen LogP contribution in [0, 0.1) is 11.3 Å². The van der Waals surface area contributed by atoms with Gasteiger partial charge in [-0.05, 0) is 22.8 Å². The number of nitrogens with zero attached hydrogens (tertiary/aromatic N) is 4. The lowest BCUT2D eigenvalue weighted by molar-refractivity contribution is 0.894. The molecule has 0 aliphatic carbocycles. The number of aryl methyl sites for hydroxylation is 1. The van der Waals surface area contributed by atoms with E-state index in [0.29, 0.717) is 17.0 Å². The highest BCUT2D eigenvalue weighted by Crippen LogP contribution is 2.34. The maximum atomic E-state index is 9.16. The zero-order valence-corrected chi connectivity index (χ0v) is 13.2. The zero-order chi connectivity index (χ0) is 16.7. The van der Waals surface area contributed by atoms with E-state index < -0.39 is 0 Å². The number of benzene rings is 2. The van der Waals surface area contributed by atoms with Gasteiger partial charge in [-0.2, -0.15) is 14.9 Å². The molecule has 24 heavy (non-hydrogen) atoms. The number of nitriles is 1. The van der Waals surface area contributed by atoms with Crippen molar-refractivity contribution in [3.8, 4) is 17.2 Å². The molecule has 0 atom stereocenters. The molecule has 4 aromatic rings. The molecule has 0 fully saturated rings. The van der Waals surface area contributed by atoms with Crippen molar-refractivity contribution in [1.82, 2.24) is 14.6 Å². The Hall–Kier alpha value is -3.39. The highest BCUT2D eigenvalue weighted by molar-refractivity contribution is 6.00. The molecule has 0 spiro atoms. The quantitative estimate of drug-likeness (QED) is 0.613. The van der Waals surface area contributed by atoms with Crippen molar-refractivity contribution >= 4 is 22.2 Å². The van der Waals surface area contributed by atoms with Crippen LogP contribution < -0.4 is 5.73 Å². The molecule has 2 N–H and O–H groups in total. The fourth-order valence-electron chi connectivity index (χ4n) is 3.10. The normalized spacial score (nSPS) is 11.0. The lowest BCUT2D eigenvalue weighted by Gasteiger charge is -2.07. The first-order chi connectivity index (χ1) is 11.7. The van der Waals surface area contributed by atoms with Crippen molar-refractivity contribution in [2.45, 2.75) is 13.3 Å². The molecule has 2 aromatic heterocycles. The molecule has 4 rings (SSSR count). The molecule has 2 heterocycles. The first-order valence-electron chi connectivity index (χ1n) is 7.79. The van der Waals surface area contributed by atoms with Gasteiger partial charge in [-0.3, -0.25) is 0 Å². The van der Waals surface area contributed by atoms with E-state index in [1.165, 1.54) is 6.20 Å². The summed E-state index contributed by atoms with van der Waals surface area (Å²) < 4.78 is 1.58. The Labute approximate surface area is 139 Å². The summed E-state index contributed by atoms with van der Waals surface area (Å²) in [5, 5.41) is 16.1.